The van der Waals surface area contributed by atoms with Gasteiger partial charge in [0.05, 0.1) is 14.1 Å². The Kier molecular flexibility index (Phi) is 4.41. The van der Waals surface area contributed by atoms with Gasteiger partial charge in [-0.25, -0.2) is 4.79 Å². The fourth-order valence-corrected chi connectivity index (χ4v) is 2.53. The predicted molar refractivity (Wildman–Crippen MR) is 74.0 cm³/mol. The molecule has 1 aromatic rings. The lowest BCUT2D eigenvalue weighted by atomic mass is 10.1. The van der Waals surface area contributed by atoms with E-state index in [0.717, 1.165) is 5.56 Å². The van der Waals surface area contributed by atoms with Crippen molar-refractivity contribution in [2.75, 3.05) is 20.6 Å². The van der Waals surface area contributed by atoms with Gasteiger partial charge in [-0.2, -0.15) is 0 Å². The van der Waals surface area contributed by atoms with Crippen molar-refractivity contribution in [1.82, 2.24) is 0 Å². The summed E-state index contributed by atoms with van der Waals surface area (Å²) in [5, 5.41) is 19.4. The minimum atomic E-state index is -1.77. The molecule has 2 N–H and O–H groups in total. The molecule has 1 heterocycles. The van der Waals surface area contributed by atoms with E-state index in [0.29, 0.717) is 11.0 Å². The van der Waals surface area contributed by atoms with Gasteiger partial charge in [0, 0.05) is 5.56 Å². The maximum atomic E-state index is 11.6. The van der Waals surface area contributed by atoms with Crippen LogP contribution < -0.4 is 0 Å². The molecule has 1 fully saturated rings. The number of carbonyl (C=O) groups excluding carboxylic acids is 2. The average Bonchev–Trinajstić information content (AvgIpc) is 2.66. The summed E-state index contributed by atoms with van der Waals surface area (Å²) in [6, 6.07) is 9.76. The van der Waals surface area contributed by atoms with Gasteiger partial charge in [-0.3, -0.25) is 4.79 Å². The van der Waals surface area contributed by atoms with E-state index >= 15 is 0 Å². The molecule has 114 valence electrons. The minimum Gasteiger partial charge on any atom is -0.449 e. The van der Waals surface area contributed by atoms with Crippen LogP contribution in [0.4, 0.5) is 0 Å². The molecule has 2 rings (SSSR count). The number of likely N-dealkylation sites (N-methyl/N-ethyl adjacent to an activating group) is 1. The maximum Gasteiger partial charge on any atom is 0.343 e. The lowest BCUT2D eigenvalue weighted by Crippen LogP contribution is -2.49. The Hall–Kier alpha value is -1.76. The number of carbonyl (C=O) groups is 2. The molecular formula is C15H20NO5+. The number of hydrogen-bond acceptors (Lipinski definition) is 5. The van der Waals surface area contributed by atoms with Crippen LogP contribution in [0.5, 0.6) is 0 Å². The quantitative estimate of drug-likeness (QED) is 0.434. The molecule has 0 spiro atoms. The van der Waals surface area contributed by atoms with Crippen LogP contribution in [-0.4, -0.2) is 65.4 Å². The summed E-state index contributed by atoms with van der Waals surface area (Å²) in [5.41, 5.74) is 1.10. The number of ether oxygens (including phenoxy) is 1. The van der Waals surface area contributed by atoms with E-state index in [1.54, 1.807) is 0 Å². The molecular weight excluding hydrogens is 274 g/mol. The van der Waals surface area contributed by atoms with Gasteiger partial charge in [0.2, 0.25) is 11.9 Å². The molecule has 6 heteroatoms. The monoisotopic (exact) mass is 294 g/mol. The molecule has 0 saturated carbocycles. The second-order valence-electron chi connectivity index (χ2n) is 5.99. The highest BCUT2D eigenvalue weighted by atomic mass is 16.6. The molecule has 0 bridgehead atoms. The van der Waals surface area contributed by atoms with Crippen molar-refractivity contribution in [3.63, 3.8) is 0 Å². The molecule has 6 nitrogen and oxygen atoms in total. The number of aliphatic hydroxyl groups excluding tert-OH is 2. The van der Waals surface area contributed by atoms with Gasteiger partial charge in [0.15, 0.2) is 6.10 Å². The molecule has 21 heavy (non-hydrogen) atoms. The lowest BCUT2D eigenvalue weighted by molar-refractivity contribution is -0.906. The van der Waals surface area contributed by atoms with Crippen LogP contribution >= 0.6 is 0 Å². The van der Waals surface area contributed by atoms with Crippen LogP contribution in [0.25, 0.3) is 0 Å². The number of esters is 1. The summed E-state index contributed by atoms with van der Waals surface area (Å²) in [7, 11) is 3.82. The molecule has 0 amide bonds. The van der Waals surface area contributed by atoms with Crippen LogP contribution in [0.2, 0.25) is 0 Å². The first-order chi connectivity index (χ1) is 9.80. The van der Waals surface area contributed by atoms with E-state index in [1.807, 2.05) is 44.4 Å². The Labute approximate surface area is 123 Å². The Morgan fingerprint density at radius 1 is 1.24 bits per heavy atom. The molecule has 1 aliphatic heterocycles. The highest BCUT2D eigenvalue weighted by Gasteiger charge is 2.47. The molecule has 3 atom stereocenters. The number of Topliss-reactive ketones (excluding diaryl/α,β-unsaturated/α-hetero) is 1. The van der Waals surface area contributed by atoms with Crippen LogP contribution in [0.3, 0.4) is 0 Å². The van der Waals surface area contributed by atoms with Gasteiger partial charge in [0.1, 0.15) is 19.2 Å². The largest absolute Gasteiger partial charge is 0.449 e. The first-order valence-corrected chi connectivity index (χ1v) is 6.76. The SMILES string of the molecule is C[N+](C)(Cc1ccccc1)CC(O)C1OC(=O)C(O)C1=O. The van der Waals surface area contributed by atoms with Crippen molar-refractivity contribution in [3.8, 4) is 0 Å². The Bertz CT molecular complexity index is 528. The summed E-state index contributed by atoms with van der Waals surface area (Å²) in [6.45, 7) is 0.889. The number of ketones is 1. The van der Waals surface area contributed by atoms with Gasteiger partial charge < -0.3 is 19.4 Å². The van der Waals surface area contributed by atoms with Crippen molar-refractivity contribution in [1.29, 1.82) is 0 Å². The third-order valence-corrected chi connectivity index (χ3v) is 3.50. The molecule has 0 aliphatic carbocycles. The maximum absolute atomic E-state index is 11.6. The van der Waals surface area contributed by atoms with E-state index in [1.165, 1.54) is 0 Å². The van der Waals surface area contributed by atoms with Crippen LogP contribution in [0, 0.1) is 0 Å². The lowest BCUT2D eigenvalue weighted by Gasteiger charge is -2.32. The second-order valence-corrected chi connectivity index (χ2v) is 5.99. The Morgan fingerprint density at radius 3 is 2.38 bits per heavy atom. The average molecular weight is 294 g/mol. The van der Waals surface area contributed by atoms with Crippen molar-refractivity contribution >= 4 is 11.8 Å². The van der Waals surface area contributed by atoms with Gasteiger partial charge in [-0.05, 0) is 0 Å². The normalized spacial score (nSPS) is 24.0. The molecule has 1 aliphatic rings. The number of hydrogen-bond donors (Lipinski definition) is 2. The number of benzene rings is 1. The summed E-state index contributed by atoms with van der Waals surface area (Å²) >= 11 is 0. The molecule has 3 unspecified atom stereocenters. The summed E-state index contributed by atoms with van der Waals surface area (Å²) in [6.07, 6.45) is -4.19. The Balaban J connectivity index is 2.00. The smallest absolute Gasteiger partial charge is 0.343 e. The zero-order chi connectivity index (χ0) is 15.6. The predicted octanol–water partition coefficient (Wildman–Crippen LogP) is -0.521. The third kappa shape index (κ3) is 3.66. The van der Waals surface area contributed by atoms with E-state index in [2.05, 4.69) is 0 Å². The van der Waals surface area contributed by atoms with E-state index < -0.39 is 30.1 Å². The standard InChI is InChI=1S/C15H20NO5/c1-16(2,8-10-6-4-3-5-7-10)9-11(17)14-12(18)13(19)15(20)21-14/h3-7,11,13-14,17,19H,8-9H2,1-2H3/q+1. The first kappa shape index (κ1) is 15.6. The van der Waals surface area contributed by atoms with E-state index in [-0.39, 0.29) is 6.54 Å². The topological polar surface area (TPSA) is 83.8 Å². The number of quaternary nitrogens is 1. The van der Waals surface area contributed by atoms with Gasteiger partial charge >= 0.3 is 5.97 Å². The van der Waals surface area contributed by atoms with Crippen LogP contribution in [0.15, 0.2) is 30.3 Å². The van der Waals surface area contributed by atoms with Crippen LogP contribution in [0.1, 0.15) is 5.56 Å². The zero-order valence-electron chi connectivity index (χ0n) is 12.1. The van der Waals surface area contributed by atoms with Gasteiger partial charge in [-0.15, -0.1) is 0 Å². The molecule has 0 aromatic heterocycles. The Morgan fingerprint density at radius 2 is 1.86 bits per heavy atom. The second kappa shape index (κ2) is 5.93. The fraction of sp³-hybridized carbons (Fsp3) is 0.467. The minimum absolute atomic E-state index is 0.227. The molecule has 0 radical (unpaired) electrons. The molecule has 1 saturated heterocycles. The summed E-state index contributed by atoms with van der Waals surface area (Å²) in [5.74, 6) is -1.76. The zero-order valence-corrected chi connectivity index (χ0v) is 12.1. The number of aliphatic hydroxyl groups is 2. The highest BCUT2D eigenvalue weighted by Crippen LogP contribution is 2.18. The number of cyclic esters (lactones) is 1. The van der Waals surface area contributed by atoms with Crippen molar-refractivity contribution in [2.45, 2.75) is 24.9 Å². The molecule has 1 aromatic carbocycles. The van der Waals surface area contributed by atoms with E-state index in [4.69, 9.17) is 4.74 Å². The fourth-order valence-electron chi connectivity index (χ4n) is 2.53. The van der Waals surface area contributed by atoms with Crippen molar-refractivity contribution in [2.24, 2.45) is 0 Å². The van der Waals surface area contributed by atoms with E-state index in [9.17, 15) is 19.8 Å². The first-order valence-electron chi connectivity index (χ1n) is 6.76. The van der Waals surface area contributed by atoms with Crippen LogP contribution in [-0.2, 0) is 20.9 Å². The third-order valence-electron chi connectivity index (χ3n) is 3.50. The summed E-state index contributed by atoms with van der Waals surface area (Å²) < 4.78 is 5.16. The van der Waals surface area contributed by atoms with Gasteiger partial charge in [-0.1, -0.05) is 30.3 Å². The number of nitrogens with zero attached hydrogens (tertiary/aromatic N) is 1. The summed E-state index contributed by atoms with van der Waals surface area (Å²) in [4.78, 5) is 22.8. The van der Waals surface area contributed by atoms with Gasteiger partial charge in [0.25, 0.3) is 0 Å². The highest BCUT2D eigenvalue weighted by molar-refractivity contribution is 6.09. The van der Waals surface area contributed by atoms with Crippen molar-refractivity contribution in [3.05, 3.63) is 35.9 Å². The van der Waals surface area contributed by atoms with Crippen molar-refractivity contribution < 1.29 is 29.0 Å². The number of rotatable bonds is 5.